The third-order valence-corrected chi connectivity index (χ3v) is 6.47. The van der Waals surface area contributed by atoms with Gasteiger partial charge in [0.1, 0.15) is 11.6 Å². The predicted octanol–water partition coefficient (Wildman–Crippen LogP) is 6.44. The van der Waals surface area contributed by atoms with Crippen molar-refractivity contribution in [2.75, 3.05) is 11.2 Å². The van der Waals surface area contributed by atoms with Crippen LogP contribution in [-0.4, -0.2) is 22.4 Å². The summed E-state index contributed by atoms with van der Waals surface area (Å²) in [5, 5.41) is 7.06. The van der Waals surface area contributed by atoms with Crippen LogP contribution in [0.1, 0.15) is 24.4 Å². The zero-order valence-corrected chi connectivity index (χ0v) is 19.6. The molecular formula is C26H20F2N4O2S. The molecule has 0 spiro atoms. The monoisotopic (exact) mass is 490 g/mol. The van der Waals surface area contributed by atoms with Gasteiger partial charge in [0, 0.05) is 22.2 Å². The number of hydrogen-bond donors (Lipinski definition) is 1. The number of benzene rings is 3. The lowest BCUT2D eigenvalue weighted by molar-refractivity contribution is 0.244. The van der Waals surface area contributed by atoms with Gasteiger partial charge in [0.15, 0.2) is 0 Å². The minimum atomic E-state index is -0.791. The Labute approximate surface area is 204 Å². The Kier molecular flexibility index (Phi) is 6.08. The summed E-state index contributed by atoms with van der Waals surface area (Å²) in [6.45, 7) is 1.69. The van der Waals surface area contributed by atoms with Gasteiger partial charge in [-0.2, -0.15) is 4.98 Å². The molecule has 0 radical (unpaired) electrons. The number of carbonyl (C=O) groups excluding carboxylic acids is 1. The van der Waals surface area contributed by atoms with Crippen LogP contribution in [0, 0.1) is 11.6 Å². The molecule has 2 amide bonds. The minimum absolute atomic E-state index is 0.0500. The van der Waals surface area contributed by atoms with Gasteiger partial charge >= 0.3 is 6.03 Å². The molecule has 5 rings (SSSR count). The van der Waals surface area contributed by atoms with Gasteiger partial charge in [0.2, 0.25) is 5.82 Å². The van der Waals surface area contributed by atoms with Crippen molar-refractivity contribution in [3.05, 3.63) is 102 Å². The highest BCUT2D eigenvalue weighted by atomic mass is 32.2. The van der Waals surface area contributed by atoms with Gasteiger partial charge in [-0.05, 0) is 43.0 Å². The summed E-state index contributed by atoms with van der Waals surface area (Å²) in [5.41, 5.74) is 2.57. The van der Waals surface area contributed by atoms with Crippen molar-refractivity contribution < 1.29 is 18.1 Å². The first-order valence-corrected chi connectivity index (χ1v) is 12.0. The van der Waals surface area contributed by atoms with Crippen LogP contribution in [0.15, 0.2) is 87.9 Å². The van der Waals surface area contributed by atoms with Crippen molar-refractivity contribution in [1.82, 2.24) is 15.5 Å². The second-order valence-corrected chi connectivity index (χ2v) is 8.79. The number of amides is 2. The molecule has 3 aromatic carbocycles. The fourth-order valence-corrected chi connectivity index (χ4v) is 4.49. The molecule has 0 saturated carbocycles. The highest BCUT2D eigenvalue weighted by Gasteiger charge is 2.36. The zero-order chi connectivity index (χ0) is 24.5. The average Bonchev–Trinajstić information content (AvgIpc) is 3.33. The molecule has 1 aliphatic rings. The molecule has 0 aliphatic carbocycles. The van der Waals surface area contributed by atoms with E-state index in [1.165, 1.54) is 4.90 Å². The van der Waals surface area contributed by atoms with Gasteiger partial charge in [-0.15, -0.1) is 11.8 Å². The molecule has 6 nitrogen and oxygen atoms in total. The van der Waals surface area contributed by atoms with E-state index < -0.39 is 23.7 Å². The van der Waals surface area contributed by atoms with E-state index >= 15 is 0 Å². The number of allylic oxidation sites excluding steroid dienone is 1. The maximum Gasteiger partial charge on any atom is 0.327 e. The fourth-order valence-electron chi connectivity index (χ4n) is 4.08. The number of urea groups is 1. The number of carbonyl (C=O) groups is 1. The van der Waals surface area contributed by atoms with Gasteiger partial charge < -0.3 is 9.84 Å². The van der Waals surface area contributed by atoms with Crippen LogP contribution in [0.25, 0.3) is 17.0 Å². The van der Waals surface area contributed by atoms with Crippen molar-refractivity contribution in [3.63, 3.8) is 0 Å². The highest BCUT2D eigenvalue weighted by molar-refractivity contribution is 7.98. The molecule has 35 heavy (non-hydrogen) atoms. The number of thioether (sulfide) groups is 1. The molecule has 176 valence electrons. The van der Waals surface area contributed by atoms with E-state index in [1.54, 1.807) is 18.7 Å². The summed E-state index contributed by atoms with van der Waals surface area (Å²) in [4.78, 5) is 20.1. The first-order chi connectivity index (χ1) is 16.9. The number of nitrogens with one attached hydrogen (secondary N) is 1. The Morgan fingerprint density at radius 2 is 1.69 bits per heavy atom. The minimum Gasteiger partial charge on any atom is -0.334 e. The highest BCUT2D eigenvalue weighted by Crippen LogP contribution is 2.39. The number of halogens is 2. The van der Waals surface area contributed by atoms with Crippen molar-refractivity contribution in [2.45, 2.75) is 17.9 Å². The normalized spacial score (nSPS) is 15.9. The van der Waals surface area contributed by atoms with Gasteiger partial charge in [-0.3, -0.25) is 4.90 Å². The number of nitrogens with zero attached hydrogens (tertiary/aromatic N) is 3. The summed E-state index contributed by atoms with van der Waals surface area (Å²) >= 11 is 1.60. The average molecular weight is 491 g/mol. The summed E-state index contributed by atoms with van der Waals surface area (Å²) in [5.74, 6) is -0.998. The molecule has 1 aromatic heterocycles. The Hall–Kier alpha value is -3.98. The SMILES string of the molecule is CSc1ccc(C2NC(=O)N(c3cc(F)cc(F)c3)C(C)=C2c2nc(-c3ccccc3)no2)cc1. The Balaban J connectivity index is 1.66. The third-order valence-electron chi connectivity index (χ3n) is 5.73. The van der Waals surface area contributed by atoms with Crippen LogP contribution in [0.2, 0.25) is 0 Å². The summed E-state index contributed by atoms with van der Waals surface area (Å²) in [6.07, 6.45) is 1.98. The zero-order valence-electron chi connectivity index (χ0n) is 18.8. The standard InChI is InChI=1S/C26H20F2N4O2S/c1-15-22(25-30-24(31-34-25)17-6-4-3-5-7-17)23(16-8-10-21(35-2)11-9-16)29-26(33)32(15)20-13-18(27)12-19(28)14-20/h3-14,23H,1-2H3,(H,29,33). The summed E-state index contributed by atoms with van der Waals surface area (Å²) in [7, 11) is 0. The topological polar surface area (TPSA) is 71.3 Å². The van der Waals surface area contributed by atoms with Crippen LogP contribution in [-0.2, 0) is 0 Å². The molecule has 0 saturated heterocycles. The molecule has 4 aromatic rings. The largest absolute Gasteiger partial charge is 0.334 e. The van der Waals surface area contributed by atoms with Gasteiger partial charge in [-0.1, -0.05) is 47.6 Å². The van der Waals surface area contributed by atoms with Crippen molar-refractivity contribution in [1.29, 1.82) is 0 Å². The number of anilines is 1. The smallest absolute Gasteiger partial charge is 0.327 e. The van der Waals surface area contributed by atoms with Crippen LogP contribution >= 0.6 is 11.8 Å². The Morgan fingerprint density at radius 1 is 1.00 bits per heavy atom. The van der Waals surface area contributed by atoms with Crippen LogP contribution in [0.3, 0.4) is 0 Å². The Morgan fingerprint density at radius 3 is 2.34 bits per heavy atom. The predicted molar refractivity (Wildman–Crippen MR) is 131 cm³/mol. The molecule has 1 atom stereocenters. The van der Waals surface area contributed by atoms with E-state index in [4.69, 9.17) is 4.52 Å². The van der Waals surface area contributed by atoms with Gasteiger partial charge in [-0.25, -0.2) is 13.6 Å². The first-order valence-electron chi connectivity index (χ1n) is 10.8. The van der Waals surface area contributed by atoms with Crippen molar-refractivity contribution in [3.8, 4) is 11.4 Å². The second kappa shape index (κ2) is 9.34. The van der Waals surface area contributed by atoms with Gasteiger partial charge in [0.05, 0.1) is 17.3 Å². The number of hydrogen-bond acceptors (Lipinski definition) is 5. The molecule has 2 heterocycles. The Bertz CT molecular complexity index is 1400. The molecule has 1 unspecified atom stereocenters. The van der Waals surface area contributed by atoms with Gasteiger partial charge in [0.25, 0.3) is 5.89 Å². The lowest BCUT2D eigenvalue weighted by Crippen LogP contribution is -2.46. The lowest BCUT2D eigenvalue weighted by Gasteiger charge is -2.35. The molecular weight excluding hydrogens is 470 g/mol. The maximum absolute atomic E-state index is 14.0. The van der Waals surface area contributed by atoms with Crippen LogP contribution < -0.4 is 10.2 Å². The van der Waals surface area contributed by atoms with Crippen molar-refractivity contribution in [2.24, 2.45) is 0 Å². The third kappa shape index (κ3) is 4.42. The number of aromatic nitrogens is 2. The summed E-state index contributed by atoms with van der Waals surface area (Å²) in [6, 6.07) is 18.9. The molecule has 0 fully saturated rings. The molecule has 0 bridgehead atoms. The molecule has 1 aliphatic heterocycles. The van der Waals surface area contributed by atoms with E-state index in [9.17, 15) is 13.6 Å². The van der Waals surface area contributed by atoms with E-state index in [1.807, 2.05) is 60.9 Å². The van der Waals surface area contributed by atoms with E-state index in [0.717, 1.165) is 34.2 Å². The van der Waals surface area contributed by atoms with Crippen LogP contribution in [0.4, 0.5) is 19.3 Å². The van der Waals surface area contributed by atoms with E-state index in [0.29, 0.717) is 17.1 Å². The molecule has 1 N–H and O–H groups in total. The lowest BCUT2D eigenvalue weighted by atomic mass is 9.94. The molecule has 9 heteroatoms. The van der Waals surface area contributed by atoms with E-state index in [2.05, 4.69) is 15.5 Å². The number of rotatable bonds is 5. The quantitative estimate of drug-likeness (QED) is 0.326. The second-order valence-electron chi connectivity index (χ2n) is 7.91. The fraction of sp³-hybridized carbons (Fsp3) is 0.115. The summed E-state index contributed by atoms with van der Waals surface area (Å²) < 4.78 is 33.7. The maximum atomic E-state index is 14.0. The van der Waals surface area contributed by atoms with Crippen molar-refractivity contribution >= 4 is 29.1 Å². The first kappa shape index (κ1) is 22.8. The van der Waals surface area contributed by atoms with Crippen LogP contribution in [0.5, 0.6) is 0 Å². The van der Waals surface area contributed by atoms with E-state index in [-0.39, 0.29) is 11.6 Å².